The summed E-state index contributed by atoms with van der Waals surface area (Å²) in [6, 6.07) is 16.8. The lowest BCUT2D eigenvalue weighted by molar-refractivity contribution is -0.143. The fourth-order valence-electron chi connectivity index (χ4n) is 5.09. The van der Waals surface area contributed by atoms with Gasteiger partial charge in [-0.3, -0.25) is 13.9 Å². The van der Waals surface area contributed by atoms with Gasteiger partial charge in [-0.15, -0.1) is 15.9 Å². The zero-order valence-corrected chi connectivity index (χ0v) is 24.4. The average molecular weight is 585 g/mol. The predicted molar refractivity (Wildman–Crippen MR) is 156 cm³/mol. The van der Waals surface area contributed by atoms with Crippen molar-refractivity contribution < 1.29 is 23.4 Å². The van der Waals surface area contributed by atoms with Crippen molar-refractivity contribution in [1.82, 2.24) is 19.3 Å². The van der Waals surface area contributed by atoms with Gasteiger partial charge in [0.2, 0.25) is 0 Å². The van der Waals surface area contributed by atoms with Gasteiger partial charge in [0, 0.05) is 24.5 Å². The molecule has 0 aliphatic carbocycles. The van der Waals surface area contributed by atoms with Crippen LogP contribution in [0.15, 0.2) is 59.5 Å². The standard InChI is InChI=1S/C29H33ClN4O5S/c1-5-38-29(35)15-24(21-8-10-26-25(13-21)31-32-33(26)4)20-7-6-18(2)22(12-20)17-34-16-19(3)39-27-11-9-23(30)14-28(27)40(34,36)37/h6-14,19,24,36-37H,5,15-17H2,1-4H3. The minimum Gasteiger partial charge on any atom is -0.487 e. The molecule has 1 aromatic heterocycles. The Labute approximate surface area is 240 Å². The number of rotatable bonds is 7. The molecule has 3 aromatic carbocycles. The summed E-state index contributed by atoms with van der Waals surface area (Å²) in [5.41, 5.74) is 5.36. The predicted octanol–water partition coefficient (Wildman–Crippen LogP) is 6.32. The Bertz CT molecular complexity index is 1560. The first-order valence-corrected chi connectivity index (χ1v) is 15.0. The van der Waals surface area contributed by atoms with Crippen molar-refractivity contribution in [3.63, 3.8) is 0 Å². The number of carbonyl (C=O) groups excluding carboxylic acids is 1. The fourth-order valence-corrected chi connectivity index (χ4v) is 7.01. The number of hydrogen-bond donors (Lipinski definition) is 2. The quantitative estimate of drug-likeness (QED) is 0.243. The minimum atomic E-state index is -3.39. The van der Waals surface area contributed by atoms with E-state index < -0.39 is 10.8 Å². The number of fused-ring (bicyclic) bond motifs is 2. The van der Waals surface area contributed by atoms with Gasteiger partial charge in [0.05, 0.1) is 25.1 Å². The molecule has 0 spiro atoms. The third-order valence-corrected chi connectivity index (χ3v) is 9.33. The summed E-state index contributed by atoms with van der Waals surface area (Å²) in [5, 5.41) is 8.76. The fraction of sp³-hybridized carbons (Fsp3) is 0.345. The molecule has 0 amide bonds. The Kier molecular flexibility index (Phi) is 8.08. The molecule has 0 bridgehead atoms. The van der Waals surface area contributed by atoms with Crippen LogP contribution in [0.3, 0.4) is 0 Å². The molecule has 11 heteroatoms. The van der Waals surface area contributed by atoms with E-state index in [1.807, 2.05) is 57.3 Å². The Morgan fingerprint density at radius 3 is 2.70 bits per heavy atom. The third-order valence-electron chi connectivity index (χ3n) is 7.19. The van der Waals surface area contributed by atoms with Crippen molar-refractivity contribution in [2.45, 2.75) is 50.7 Å². The lowest BCUT2D eigenvalue weighted by atomic mass is 9.86. The van der Waals surface area contributed by atoms with Crippen LogP contribution in [0.2, 0.25) is 5.02 Å². The van der Waals surface area contributed by atoms with Gasteiger partial charge in [0.1, 0.15) is 22.3 Å². The molecule has 2 heterocycles. The van der Waals surface area contributed by atoms with E-state index in [0.29, 0.717) is 23.9 Å². The Morgan fingerprint density at radius 1 is 1.18 bits per heavy atom. The van der Waals surface area contributed by atoms with Gasteiger partial charge in [-0.25, -0.2) is 4.68 Å². The molecule has 0 saturated heterocycles. The van der Waals surface area contributed by atoms with Crippen LogP contribution in [-0.4, -0.2) is 53.6 Å². The van der Waals surface area contributed by atoms with Gasteiger partial charge in [-0.05, 0) is 73.4 Å². The number of halogens is 1. The van der Waals surface area contributed by atoms with E-state index in [1.54, 1.807) is 34.1 Å². The van der Waals surface area contributed by atoms with Crippen LogP contribution in [0, 0.1) is 6.92 Å². The minimum absolute atomic E-state index is 0.151. The molecule has 2 atom stereocenters. The first-order chi connectivity index (χ1) is 19.1. The molecule has 2 N–H and O–H groups in total. The Balaban J connectivity index is 1.52. The van der Waals surface area contributed by atoms with Crippen LogP contribution in [-0.2, 0) is 23.1 Å². The molecule has 0 radical (unpaired) electrons. The number of esters is 1. The zero-order valence-electron chi connectivity index (χ0n) is 22.9. The van der Waals surface area contributed by atoms with Crippen LogP contribution in [0.25, 0.3) is 11.0 Å². The van der Waals surface area contributed by atoms with E-state index in [2.05, 4.69) is 10.3 Å². The molecule has 1 aliphatic heterocycles. The summed E-state index contributed by atoms with van der Waals surface area (Å²) in [4.78, 5) is 13.0. The van der Waals surface area contributed by atoms with E-state index in [-0.39, 0.29) is 35.9 Å². The number of carbonyl (C=O) groups is 1. The number of benzene rings is 3. The molecular formula is C29H33ClN4O5S. The van der Waals surface area contributed by atoms with E-state index >= 15 is 0 Å². The van der Waals surface area contributed by atoms with E-state index in [0.717, 1.165) is 33.3 Å². The summed E-state index contributed by atoms with van der Waals surface area (Å²) >= 11 is 6.21. The number of hydrogen-bond acceptors (Lipinski definition) is 8. The van der Waals surface area contributed by atoms with Crippen molar-refractivity contribution >= 4 is 39.4 Å². The summed E-state index contributed by atoms with van der Waals surface area (Å²) in [5.74, 6) is -0.176. The summed E-state index contributed by atoms with van der Waals surface area (Å²) in [7, 11) is -1.55. The summed E-state index contributed by atoms with van der Waals surface area (Å²) < 4.78 is 37.6. The highest BCUT2D eigenvalue weighted by molar-refractivity contribution is 8.22. The zero-order chi connectivity index (χ0) is 28.6. The Morgan fingerprint density at radius 2 is 1.93 bits per heavy atom. The van der Waals surface area contributed by atoms with Crippen molar-refractivity contribution in [3.8, 4) is 5.75 Å². The monoisotopic (exact) mass is 584 g/mol. The Hall–Kier alpha value is -3.15. The second-order valence-electron chi connectivity index (χ2n) is 10.1. The lowest BCUT2D eigenvalue weighted by Gasteiger charge is -2.42. The number of nitrogens with zero attached hydrogens (tertiary/aromatic N) is 4. The van der Waals surface area contributed by atoms with Gasteiger partial charge in [-0.1, -0.05) is 41.1 Å². The molecule has 5 rings (SSSR count). The highest BCUT2D eigenvalue weighted by atomic mass is 35.5. The first-order valence-electron chi connectivity index (χ1n) is 13.1. The van der Waals surface area contributed by atoms with Crippen LogP contribution in [0.5, 0.6) is 5.75 Å². The van der Waals surface area contributed by atoms with E-state index in [1.165, 1.54) is 0 Å². The molecule has 0 saturated carbocycles. The second kappa shape index (κ2) is 11.4. The highest BCUT2D eigenvalue weighted by Gasteiger charge is 2.34. The normalized spacial score (nSPS) is 18.4. The average Bonchev–Trinajstić information content (AvgIpc) is 3.25. The number of aryl methyl sites for hydroxylation is 2. The van der Waals surface area contributed by atoms with Gasteiger partial charge >= 0.3 is 5.97 Å². The van der Waals surface area contributed by atoms with Gasteiger partial charge in [-0.2, -0.15) is 4.31 Å². The van der Waals surface area contributed by atoms with Crippen LogP contribution in [0.4, 0.5) is 0 Å². The van der Waals surface area contributed by atoms with Crippen molar-refractivity contribution in [3.05, 3.63) is 81.9 Å². The van der Waals surface area contributed by atoms with Crippen LogP contribution in [0.1, 0.15) is 48.4 Å². The summed E-state index contributed by atoms with van der Waals surface area (Å²) in [6.45, 7) is 6.53. The second-order valence-corrected chi connectivity index (χ2v) is 12.5. The molecule has 212 valence electrons. The molecule has 1 aliphatic rings. The van der Waals surface area contributed by atoms with E-state index in [4.69, 9.17) is 21.1 Å². The molecule has 9 nitrogen and oxygen atoms in total. The van der Waals surface area contributed by atoms with Gasteiger partial charge in [0.25, 0.3) is 0 Å². The maximum atomic E-state index is 12.7. The molecule has 40 heavy (non-hydrogen) atoms. The SMILES string of the molecule is CCOC(=O)CC(c1ccc(C)c(CN2CC(C)Oc3ccc(Cl)cc3S2(O)O)c1)c1ccc2c(c1)nnn2C. The van der Waals surface area contributed by atoms with Gasteiger partial charge < -0.3 is 9.47 Å². The first kappa shape index (κ1) is 28.4. The van der Waals surface area contributed by atoms with Crippen molar-refractivity contribution in [2.75, 3.05) is 13.2 Å². The topological polar surface area (TPSA) is 110 Å². The lowest BCUT2D eigenvalue weighted by Crippen LogP contribution is -2.33. The van der Waals surface area contributed by atoms with Crippen molar-refractivity contribution in [2.24, 2.45) is 7.05 Å². The maximum absolute atomic E-state index is 12.7. The number of aromatic nitrogens is 3. The summed E-state index contributed by atoms with van der Waals surface area (Å²) in [6.07, 6.45) is -0.134. The molecule has 4 aromatic rings. The largest absolute Gasteiger partial charge is 0.487 e. The van der Waals surface area contributed by atoms with Crippen LogP contribution >= 0.6 is 22.4 Å². The van der Waals surface area contributed by atoms with Crippen molar-refractivity contribution in [1.29, 1.82) is 0 Å². The maximum Gasteiger partial charge on any atom is 0.306 e. The molecule has 2 unspecified atom stereocenters. The number of ether oxygens (including phenoxy) is 2. The smallest absolute Gasteiger partial charge is 0.306 e. The molecule has 0 fully saturated rings. The van der Waals surface area contributed by atoms with Gasteiger partial charge in [0.15, 0.2) is 0 Å². The van der Waals surface area contributed by atoms with Crippen LogP contribution < -0.4 is 4.74 Å². The van der Waals surface area contributed by atoms with E-state index in [9.17, 15) is 13.9 Å². The highest BCUT2D eigenvalue weighted by Crippen LogP contribution is 2.58. The molecular weight excluding hydrogens is 552 g/mol. The third kappa shape index (κ3) is 5.68.